The molecule has 5 aromatic rings. The van der Waals surface area contributed by atoms with Crippen LogP contribution in [-0.4, -0.2) is 44.3 Å². The maximum Gasteiger partial charge on any atom is 0.411 e. The molecule has 0 saturated carbocycles. The normalized spacial score (nSPS) is 13.3. The fourth-order valence-corrected chi connectivity index (χ4v) is 4.52. The van der Waals surface area contributed by atoms with Crippen LogP contribution in [0.3, 0.4) is 0 Å². The molecule has 1 amide bonds. The second-order valence-electron chi connectivity index (χ2n) is 8.45. The molecule has 9 nitrogen and oxygen atoms in total. The van der Waals surface area contributed by atoms with Gasteiger partial charge in [-0.15, -0.1) is 0 Å². The first-order valence-electron chi connectivity index (χ1n) is 11.3. The van der Waals surface area contributed by atoms with Gasteiger partial charge in [-0.25, -0.2) is 19.7 Å². The lowest BCUT2D eigenvalue weighted by molar-refractivity contribution is 0.209. The minimum absolute atomic E-state index is 0.197. The largest absolute Gasteiger partial charge is 0.491 e. The van der Waals surface area contributed by atoms with Crippen LogP contribution >= 0.6 is 0 Å². The number of nitrogens with one attached hydrogen (secondary N) is 2. The van der Waals surface area contributed by atoms with Crippen molar-refractivity contribution in [1.29, 1.82) is 0 Å². The average molecular weight is 467 g/mol. The van der Waals surface area contributed by atoms with Gasteiger partial charge in [-0.1, -0.05) is 24.3 Å². The predicted octanol–water partition coefficient (Wildman–Crippen LogP) is 4.97. The molecule has 0 radical (unpaired) electrons. The summed E-state index contributed by atoms with van der Waals surface area (Å²) < 4.78 is 6.08. The van der Waals surface area contributed by atoms with Gasteiger partial charge in [0, 0.05) is 17.5 Å². The van der Waals surface area contributed by atoms with Crippen LogP contribution in [0.5, 0.6) is 5.75 Å². The van der Waals surface area contributed by atoms with Gasteiger partial charge in [0.05, 0.1) is 23.1 Å². The van der Waals surface area contributed by atoms with Gasteiger partial charge in [-0.3, -0.25) is 5.32 Å². The van der Waals surface area contributed by atoms with E-state index in [4.69, 9.17) is 14.8 Å². The lowest BCUT2D eigenvalue weighted by atomic mass is 10.0. The topological polar surface area (TPSA) is 116 Å². The van der Waals surface area contributed by atoms with Crippen molar-refractivity contribution in [3.8, 4) is 16.9 Å². The van der Waals surface area contributed by atoms with Gasteiger partial charge in [0.25, 0.3) is 0 Å². The molecule has 3 aromatic carbocycles. The second kappa shape index (κ2) is 8.28. The SMILES string of the molecule is Cc1nc(N2CCOc3ccc(-c4ccc5nc(NC(=O)O)[nH]c5c4)cc3C2)c2ccccc2n1. The summed E-state index contributed by atoms with van der Waals surface area (Å²) in [5.74, 6) is 2.71. The van der Waals surface area contributed by atoms with Crippen LogP contribution in [0.1, 0.15) is 11.4 Å². The number of carbonyl (C=O) groups is 1. The second-order valence-corrected chi connectivity index (χ2v) is 8.45. The van der Waals surface area contributed by atoms with Gasteiger partial charge < -0.3 is 19.7 Å². The molecule has 0 saturated heterocycles. The number of amides is 1. The van der Waals surface area contributed by atoms with Crippen LogP contribution in [0.4, 0.5) is 16.6 Å². The Morgan fingerprint density at radius 2 is 1.86 bits per heavy atom. The standard InChI is InChI=1S/C26H22N6O3/c1-15-27-20-5-3-2-4-19(20)24(28-15)32-10-11-35-23-9-7-16(12-18(23)14-32)17-6-8-21-22(13-17)30-25(29-21)31-26(33)34/h2-9,12-13H,10-11,14H2,1H3,(H,33,34)(H2,29,30,31). The van der Waals surface area contributed by atoms with Crippen molar-refractivity contribution in [2.75, 3.05) is 23.4 Å². The molecule has 3 N–H and O–H groups in total. The number of imidazole rings is 1. The van der Waals surface area contributed by atoms with E-state index in [2.05, 4.69) is 37.3 Å². The van der Waals surface area contributed by atoms with E-state index >= 15 is 0 Å². The summed E-state index contributed by atoms with van der Waals surface area (Å²) in [6, 6.07) is 20.1. The van der Waals surface area contributed by atoms with Crippen LogP contribution in [0.2, 0.25) is 0 Å². The first-order chi connectivity index (χ1) is 17.0. The van der Waals surface area contributed by atoms with Gasteiger partial charge in [0.2, 0.25) is 5.95 Å². The third-order valence-corrected chi connectivity index (χ3v) is 6.08. The van der Waals surface area contributed by atoms with Crippen LogP contribution in [0, 0.1) is 6.92 Å². The van der Waals surface area contributed by atoms with Gasteiger partial charge in [-0.05, 0) is 54.4 Å². The van der Waals surface area contributed by atoms with Crippen molar-refractivity contribution in [3.63, 3.8) is 0 Å². The Labute approximate surface area is 200 Å². The molecule has 0 spiro atoms. The average Bonchev–Trinajstić information content (AvgIpc) is 3.11. The van der Waals surface area contributed by atoms with E-state index in [0.29, 0.717) is 25.2 Å². The number of H-pyrrole nitrogens is 1. The molecule has 0 bridgehead atoms. The fraction of sp³-hybridized carbons (Fsp3) is 0.154. The van der Waals surface area contributed by atoms with Gasteiger partial charge in [0.15, 0.2) is 0 Å². The smallest absolute Gasteiger partial charge is 0.411 e. The molecular weight excluding hydrogens is 444 g/mol. The fourth-order valence-electron chi connectivity index (χ4n) is 4.52. The molecule has 0 fully saturated rings. The highest BCUT2D eigenvalue weighted by Crippen LogP contribution is 2.33. The number of aromatic amines is 1. The van der Waals surface area contributed by atoms with Crippen molar-refractivity contribution >= 4 is 39.8 Å². The lowest BCUT2D eigenvalue weighted by Gasteiger charge is -2.23. The molecule has 0 unspecified atom stereocenters. The number of aryl methyl sites for hydroxylation is 1. The summed E-state index contributed by atoms with van der Waals surface area (Å²) >= 11 is 0. The summed E-state index contributed by atoms with van der Waals surface area (Å²) in [6.45, 7) is 3.84. The van der Waals surface area contributed by atoms with E-state index in [9.17, 15) is 4.79 Å². The minimum Gasteiger partial charge on any atom is -0.491 e. The van der Waals surface area contributed by atoms with Crippen LogP contribution in [0.25, 0.3) is 33.1 Å². The maximum atomic E-state index is 10.9. The molecule has 35 heavy (non-hydrogen) atoms. The quantitative estimate of drug-likeness (QED) is 0.344. The highest BCUT2D eigenvalue weighted by atomic mass is 16.5. The number of rotatable bonds is 3. The Balaban J connectivity index is 1.36. The Morgan fingerprint density at radius 1 is 1.03 bits per heavy atom. The Bertz CT molecular complexity index is 1600. The molecule has 3 heterocycles. The third kappa shape index (κ3) is 3.97. The zero-order chi connectivity index (χ0) is 23.9. The molecule has 174 valence electrons. The minimum atomic E-state index is -1.16. The first-order valence-corrected chi connectivity index (χ1v) is 11.3. The Morgan fingerprint density at radius 3 is 2.74 bits per heavy atom. The van der Waals surface area contributed by atoms with E-state index in [0.717, 1.165) is 50.5 Å². The predicted molar refractivity (Wildman–Crippen MR) is 134 cm³/mol. The monoisotopic (exact) mass is 466 g/mol. The van der Waals surface area contributed by atoms with Gasteiger partial charge >= 0.3 is 6.09 Å². The van der Waals surface area contributed by atoms with Gasteiger partial charge in [-0.2, -0.15) is 0 Å². The molecular formula is C26H22N6O3. The highest BCUT2D eigenvalue weighted by Gasteiger charge is 2.20. The van der Waals surface area contributed by atoms with Crippen molar-refractivity contribution in [3.05, 3.63) is 72.1 Å². The summed E-state index contributed by atoms with van der Waals surface area (Å²) in [4.78, 5) is 29.8. The first kappa shape index (κ1) is 20.9. The van der Waals surface area contributed by atoms with Crippen molar-refractivity contribution in [2.45, 2.75) is 13.5 Å². The summed E-state index contributed by atoms with van der Waals surface area (Å²) in [7, 11) is 0. The third-order valence-electron chi connectivity index (χ3n) is 6.08. The summed E-state index contributed by atoms with van der Waals surface area (Å²) in [6.07, 6.45) is -1.16. The highest BCUT2D eigenvalue weighted by molar-refractivity contribution is 5.90. The van der Waals surface area contributed by atoms with Gasteiger partial charge in [0.1, 0.15) is 24.0 Å². The number of benzene rings is 3. The number of hydrogen-bond donors (Lipinski definition) is 3. The molecule has 1 aliphatic heterocycles. The van der Waals surface area contributed by atoms with Crippen molar-refractivity contribution < 1.29 is 14.6 Å². The van der Waals surface area contributed by atoms with Crippen LogP contribution < -0.4 is 15.0 Å². The molecule has 0 aliphatic carbocycles. The van der Waals surface area contributed by atoms with E-state index < -0.39 is 6.09 Å². The number of anilines is 2. The number of aromatic nitrogens is 4. The van der Waals surface area contributed by atoms with Crippen molar-refractivity contribution in [1.82, 2.24) is 19.9 Å². The van der Waals surface area contributed by atoms with E-state index in [-0.39, 0.29) is 5.95 Å². The summed E-state index contributed by atoms with van der Waals surface area (Å²) in [5.41, 5.74) is 5.46. The zero-order valence-electron chi connectivity index (χ0n) is 18.9. The number of nitrogens with zero attached hydrogens (tertiary/aromatic N) is 4. The maximum absolute atomic E-state index is 10.9. The molecule has 6 rings (SSSR count). The van der Waals surface area contributed by atoms with Crippen LogP contribution in [0.15, 0.2) is 60.7 Å². The molecule has 1 aliphatic rings. The van der Waals surface area contributed by atoms with Crippen molar-refractivity contribution in [2.24, 2.45) is 0 Å². The molecule has 0 atom stereocenters. The van der Waals surface area contributed by atoms with E-state index in [1.165, 1.54) is 0 Å². The molecule has 2 aromatic heterocycles. The lowest BCUT2D eigenvalue weighted by Crippen LogP contribution is -2.26. The number of carboxylic acid groups (broad SMARTS) is 1. The van der Waals surface area contributed by atoms with E-state index in [1.807, 2.05) is 55.5 Å². The number of hydrogen-bond acceptors (Lipinski definition) is 6. The zero-order valence-corrected chi connectivity index (χ0v) is 18.9. The van der Waals surface area contributed by atoms with E-state index in [1.54, 1.807) is 0 Å². The Kier molecular flexibility index (Phi) is 4.95. The van der Waals surface area contributed by atoms with Crippen LogP contribution in [-0.2, 0) is 6.54 Å². The number of ether oxygens (including phenoxy) is 1. The Hall–Kier alpha value is -4.66. The number of fused-ring (bicyclic) bond motifs is 3. The summed E-state index contributed by atoms with van der Waals surface area (Å²) in [5, 5.41) is 12.2. The number of para-hydroxylation sites is 1. The molecule has 9 heteroatoms.